The highest BCUT2D eigenvalue weighted by molar-refractivity contribution is 6.31. The van der Waals surface area contributed by atoms with E-state index in [1.807, 2.05) is 0 Å². The number of rotatable bonds is 3. The number of aliphatic hydroxyl groups excluding tert-OH is 1. The zero-order valence-corrected chi connectivity index (χ0v) is 12.5. The highest BCUT2D eigenvalue weighted by Gasteiger charge is 2.31. The second kappa shape index (κ2) is 6.89. The van der Waals surface area contributed by atoms with Gasteiger partial charge in [-0.25, -0.2) is 4.39 Å². The maximum atomic E-state index is 14.1. The number of aryl methyl sites for hydroxylation is 1. The van der Waals surface area contributed by atoms with E-state index in [2.05, 4.69) is 0 Å². The molecule has 2 atom stereocenters. The number of halogens is 3. The molecule has 0 radical (unpaired) electrons. The van der Waals surface area contributed by atoms with Crippen LogP contribution in [0.15, 0.2) is 12.1 Å². The quantitative estimate of drug-likeness (QED) is 0.893. The molecule has 19 heavy (non-hydrogen) atoms. The smallest absolute Gasteiger partial charge is 0.132 e. The van der Waals surface area contributed by atoms with Gasteiger partial charge in [0.1, 0.15) is 5.82 Å². The lowest BCUT2D eigenvalue weighted by Crippen LogP contribution is -2.33. The lowest BCUT2D eigenvalue weighted by atomic mass is 9.90. The largest absolute Gasteiger partial charge is 0.391 e. The Kier molecular flexibility index (Phi) is 6.06. The van der Waals surface area contributed by atoms with Gasteiger partial charge in [0.05, 0.1) is 12.1 Å². The lowest BCUT2D eigenvalue weighted by Gasteiger charge is -2.26. The summed E-state index contributed by atoms with van der Waals surface area (Å²) in [5.41, 5.74) is 6.76. The molecule has 1 fully saturated rings. The van der Waals surface area contributed by atoms with Crippen molar-refractivity contribution in [1.29, 1.82) is 0 Å². The van der Waals surface area contributed by atoms with Crippen molar-refractivity contribution in [2.75, 3.05) is 0 Å². The zero-order chi connectivity index (χ0) is 13.3. The predicted octanol–water partition coefficient (Wildman–Crippen LogP) is 3.76. The third kappa shape index (κ3) is 3.40. The highest BCUT2D eigenvalue weighted by atomic mass is 35.5. The van der Waals surface area contributed by atoms with Gasteiger partial charge >= 0.3 is 0 Å². The van der Waals surface area contributed by atoms with Gasteiger partial charge in [0.2, 0.25) is 0 Å². The second-order valence-electron chi connectivity index (χ2n) is 5.15. The summed E-state index contributed by atoms with van der Waals surface area (Å²) < 4.78 is 14.1. The van der Waals surface area contributed by atoms with Crippen LogP contribution in [0.2, 0.25) is 5.02 Å². The topological polar surface area (TPSA) is 46.2 Å². The molecule has 0 heterocycles. The van der Waals surface area contributed by atoms with Crippen LogP contribution in [-0.4, -0.2) is 11.2 Å². The van der Waals surface area contributed by atoms with Gasteiger partial charge in [-0.2, -0.15) is 0 Å². The van der Waals surface area contributed by atoms with E-state index in [1.54, 1.807) is 19.1 Å². The van der Waals surface area contributed by atoms with Crippen LogP contribution in [0.5, 0.6) is 0 Å². The first kappa shape index (κ1) is 16.7. The third-order valence-corrected chi connectivity index (χ3v) is 4.23. The molecule has 0 amide bonds. The van der Waals surface area contributed by atoms with Crippen molar-refractivity contribution >= 4 is 24.0 Å². The average molecular weight is 308 g/mol. The Morgan fingerprint density at radius 3 is 2.53 bits per heavy atom. The van der Waals surface area contributed by atoms with Crippen LogP contribution in [0.4, 0.5) is 4.39 Å². The standard InChI is InChI=1S/C14H19ClFNO.ClH/c1-8-6-7-10(15)11(12(8)16)13(17)14(18)9-4-2-3-5-9;/h6-7,9,13-14,18H,2-5,17H2,1H3;1H/t13-,14+;/m1./s1. The second-order valence-corrected chi connectivity index (χ2v) is 5.56. The van der Waals surface area contributed by atoms with Gasteiger partial charge in [-0.3, -0.25) is 0 Å². The summed E-state index contributed by atoms with van der Waals surface area (Å²) in [6, 6.07) is 2.51. The molecular formula is C14H20Cl2FNO. The van der Waals surface area contributed by atoms with Gasteiger partial charge in [-0.05, 0) is 37.3 Å². The zero-order valence-electron chi connectivity index (χ0n) is 10.9. The van der Waals surface area contributed by atoms with Gasteiger partial charge in [-0.15, -0.1) is 12.4 Å². The molecule has 0 bridgehead atoms. The summed E-state index contributed by atoms with van der Waals surface area (Å²) in [6.07, 6.45) is 3.41. The first-order valence-electron chi connectivity index (χ1n) is 6.40. The van der Waals surface area contributed by atoms with Crippen molar-refractivity contribution in [3.05, 3.63) is 34.1 Å². The summed E-state index contributed by atoms with van der Waals surface area (Å²) in [4.78, 5) is 0. The summed E-state index contributed by atoms with van der Waals surface area (Å²) >= 11 is 6.02. The minimum Gasteiger partial charge on any atom is -0.391 e. The van der Waals surface area contributed by atoms with Gasteiger partial charge in [-0.1, -0.05) is 30.5 Å². The van der Waals surface area contributed by atoms with E-state index < -0.39 is 18.0 Å². The van der Waals surface area contributed by atoms with Crippen LogP contribution in [0.25, 0.3) is 0 Å². The maximum Gasteiger partial charge on any atom is 0.132 e. The van der Waals surface area contributed by atoms with Crippen molar-refractivity contribution in [3.8, 4) is 0 Å². The monoisotopic (exact) mass is 307 g/mol. The number of aliphatic hydroxyl groups is 1. The molecule has 1 aliphatic rings. The molecule has 0 saturated heterocycles. The predicted molar refractivity (Wildman–Crippen MR) is 78.3 cm³/mol. The molecule has 1 aliphatic carbocycles. The molecule has 2 rings (SSSR count). The van der Waals surface area contributed by atoms with Crippen LogP contribution in [0, 0.1) is 18.7 Å². The molecule has 3 N–H and O–H groups in total. The van der Waals surface area contributed by atoms with E-state index in [-0.39, 0.29) is 23.9 Å². The molecule has 0 unspecified atom stereocenters. The lowest BCUT2D eigenvalue weighted by molar-refractivity contribution is 0.0833. The van der Waals surface area contributed by atoms with Gasteiger partial charge in [0.15, 0.2) is 0 Å². The van der Waals surface area contributed by atoms with Gasteiger partial charge in [0.25, 0.3) is 0 Å². The van der Waals surface area contributed by atoms with Crippen molar-refractivity contribution in [1.82, 2.24) is 0 Å². The van der Waals surface area contributed by atoms with Crippen LogP contribution < -0.4 is 5.73 Å². The van der Waals surface area contributed by atoms with Crippen molar-refractivity contribution in [2.24, 2.45) is 11.7 Å². The van der Waals surface area contributed by atoms with Crippen LogP contribution in [-0.2, 0) is 0 Å². The minimum atomic E-state index is -0.750. The normalized spacial score (nSPS) is 19.0. The Labute approximate surface area is 124 Å². The van der Waals surface area contributed by atoms with E-state index in [0.29, 0.717) is 10.6 Å². The summed E-state index contributed by atoms with van der Waals surface area (Å²) in [7, 11) is 0. The first-order valence-corrected chi connectivity index (χ1v) is 6.78. The van der Waals surface area contributed by atoms with E-state index in [1.165, 1.54) is 0 Å². The van der Waals surface area contributed by atoms with E-state index in [0.717, 1.165) is 25.7 Å². The number of benzene rings is 1. The number of hydrogen-bond donors (Lipinski definition) is 2. The summed E-state index contributed by atoms with van der Waals surface area (Å²) in [6.45, 7) is 1.67. The molecule has 108 valence electrons. The molecular weight excluding hydrogens is 288 g/mol. The average Bonchev–Trinajstić information content (AvgIpc) is 2.87. The molecule has 0 spiro atoms. The number of nitrogens with two attached hydrogens (primary N) is 1. The highest BCUT2D eigenvalue weighted by Crippen LogP contribution is 2.35. The van der Waals surface area contributed by atoms with Gasteiger partial charge in [0, 0.05) is 10.6 Å². The Morgan fingerprint density at radius 2 is 1.95 bits per heavy atom. The molecule has 5 heteroatoms. The van der Waals surface area contributed by atoms with Crippen molar-refractivity contribution < 1.29 is 9.50 Å². The Morgan fingerprint density at radius 1 is 1.37 bits per heavy atom. The molecule has 0 aromatic heterocycles. The Balaban J connectivity index is 0.00000180. The van der Waals surface area contributed by atoms with E-state index in [9.17, 15) is 9.50 Å². The van der Waals surface area contributed by atoms with Crippen molar-refractivity contribution in [2.45, 2.75) is 44.8 Å². The molecule has 0 aliphatic heterocycles. The van der Waals surface area contributed by atoms with E-state index in [4.69, 9.17) is 17.3 Å². The summed E-state index contributed by atoms with van der Waals surface area (Å²) in [5, 5.41) is 10.6. The third-order valence-electron chi connectivity index (χ3n) is 3.90. The molecule has 1 aromatic rings. The minimum absolute atomic E-state index is 0. The molecule has 1 saturated carbocycles. The fraction of sp³-hybridized carbons (Fsp3) is 0.571. The van der Waals surface area contributed by atoms with Crippen LogP contribution in [0.1, 0.15) is 42.9 Å². The summed E-state index contributed by atoms with van der Waals surface area (Å²) in [5.74, 6) is -0.233. The molecule has 2 nitrogen and oxygen atoms in total. The van der Waals surface area contributed by atoms with Gasteiger partial charge < -0.3 is 10.8 Å². The number of hydrogen-bond acceptors (Lipinski definition) is 2. The van der Waals surface area contributed by atoms with Crippen molar-refractivity contribution in [3.63, 3.8) is 0 Å². The fourth-order valence-electron chi connectivity index (χ4n) is 2.75. The maximum absolute atomic E-state index is 14.1. The van der Waals surface area contributed by atoms with E-state index >= 15 is 0 Å². The fourth-order valence-corrected chi connectivity index (χ4v) is 3.02. The van der Waals surface area contributed by atoms with Crippen LogP contribution in [0.3, 0.4) is 0 Å². The Hall–Kier alpha value is -0.350. The van der Waals surface area contributed by atoms with Crippen LogP contribution >= 0.6 is 24.0 Å². The molecule has 1 aromatic carbocycles. The SMILES string of the molecule is Cc1ccc(Cl)c([C@@H](N)[C@@H](O)C2CCCC2)c1F.Cl. The first-order chi connectivity index (χ1) is 8.52. The Bertz CT molecular complexity index is 436.